The second kappa shape index (κ2) is 2.65. The van der Waals surface area contributed by atoms with Crippen LogP contribution in [0.5, 0.6) is 0 Å². The van der Waals surface area contributed by atoms with Gasteiger partial charge in [-0.2, -0.15) is 10.2 Å². The van der Waals surface area contributed by atoms with Gasteiger partial charge in [0.25, 0.3) is 0 Å². The molecule has 0 aliphatic carbocycles. The molecular weight excluding hydrogens is 152 g/mol. The molecule has 2 aromatic rings. The van der Waals surface area contributed by atoms with E-state index in [0.717, 1.165) is 16.5 Å². The molecule has 0 saturated heterocycles. The van der Waals surface area contributed by atoms with Crippen molar-refractivity contribution in [3.05, 3.63) is 30.0 Å². The van der Waals surface area contributed by atoms with Gasteiger partial charge in [0.15, 0.2) is 0 Å². The van der Waals surface area contributed by atoms with Crippen LogP contribution in [-0.4, -0.2) is 16.4 Å². The molecule has 0 amide bonds. The SMILES string of the molecule is N/N=C/c1ccc2cn[nH]c2c1. The zero-order valence-corrected chi connectivity index (χ0v) is 6.36. The molecule has 0 atom stereocenters. The van der Waals surface area contributed by atoms with Gasteiger partial charge in [0.1, 0.15) is 0 Å². The minimum atomic E-state index is 0.967. The van der Waals surface area contributed by atoms with Crippen LogP contribution in [0.2, 0.25) is 0 Å². The summed E-state index contributed by atoms with van der Waals surface area (Å²) in [5, 5.41) is 11.3. The van der Waals surface area contributed by atoms with Gasteiger partial charge in [-0.15, -0.1) is 0 Å². The lowest BCUT2D eigenvalue weighted by Gasteiger charge is -1.90. The van der Waals surface area contributed by atoms with Gasteiger partial charge in [0, 0.05) is 5.39 Å². The summed E-state index contributed by atoms with van der Waals surface area (Å²) in [5.74, 6) is 5.02. The van der Waals surface area contributed by atoms with Crippen molar-refractivity contribution < 1.29 is 0 Å². The highest BCUT2D eigenvalue weighted by molar-refractivity contribution is 5.87. The summed E-state index contributed by atoms with van der Waals surface area (Å²) >= 11 is 0. The summed E-state index contributed by atoms with van der Waals surface area (Å²) in [7, 11) is 0. The number of benzene rings is 1. The van der Waals surface area contributed by atoms with Crippen LogP contribution in [0.1, 0.15) is 5.56 Å². The lowest BCUT2D eigenvalue weighted by Crippen LogP contribution is -1.85. The smallest absolute Gasteiger partial charge is 0.0656 e. The molecule has 4 heteroatoms. The third-order valence-corrected chi connectivity index (χ3v) is 1.69. The van der Waals surface area contributed by atoms with Crippen LogP contribution in [-0.2, 0) is 0 Å². The molecule has 0 spiro atoms. The Bertz CT molecular complexity index is 416. The monoisotopic (exact) mass is 160 g/mol. The molecule has 2 rings (SSSR count). The van der Waals surface area contributed by atoms with Gasteiger partial charge >= 0.3 is 0 Å². The fourth-order valence-electron chi connectivity index (χ4n) is 1.12. The van der Waals surface area contributed by atoms with Gasteiger partial charge < -0.3 is 5.84 Å². The van der Waals surface area contributed by atoms with E-state index in [1.165, 1.54) is 0 Å². The quantitative estimate of drug-likeness (QED) is 0.369. The zero-order chi connectivity index (χ0) is 8.39. The molecule has 4 nitrogen and oxygen atoms in total. The predicted molar refractivity (Wildman–Crippen MR) is 47.9 cm³/mol. The molecule has 0 radical (unpaired) electrons. The first-order valence-corrected chi connectivity index (χ1v) is 3.56. The van der Waals surface area contributed by atoms with E-state index in [-0.39, 0.29) is 0 Å². The summed E-state index contributed by atoms with van der Waals surface area (Å²) in [6, 6.07) is 5.85. The van der Waals surface area contributed by atoms with E-state index < -0.39 is 0 Å². The zero-order valence-electron chi connectivity index (χ0n) is 6.36. The Labute approximate surface area is 69.1 Å². The number of nitrogens with one attached hydrogen (secondary N) is 1. The number of fused-ring (bicyclic) bond motifs is 1. The Kier molecular flexibility index (Phi) is 1.51. The van der Waals surface area contributed by atoms with Crippen molar-refractivity contribution in [1.82, 2.24) is 10.2 Å². The number of H-pyrrole nitrogens is 1. The normalized spacial score (nSPS) is 11.3. The summed E-state index contributed by atoms with van der Waals surface area (Å²) in [6.07, 6.45) is 3.37. The molecule has 3 N–H and O–H groups in total. The first kappa shape index (κ1) is 6.84. The molecule has 0 bridgehead atoms. The van der Waals surface area contributed by atoms with Gasteiger partial charge in [-0.25, -0.2) is 0 Å². The predicted octanol–water partition coefficient (Wildman–Crippen LogP) is 0.856. The largest absolute Gasteiger partial charge is 0.323 e. The van der Waals surface area contributed by atoms with Crippen LogP contribution >= 0.6 is 0 Å². The molecule has 0 aliphatic heterocycles. The van der Waals surface area contributed by atoms with Crippen molar-refractivity contribution >= 4 is 17.1 Å². The van der Waals surface area contributed by atoms with Gasteiger partial charge in [0.05, 0.1) is 17.9 Å². The summed E-state index contributed by atoms with van der Waals surface area (Å²) in [4.78, 5) is 0. The fourth-order valence-corrected chi connectivity index (χ4v) is 1.12. The molecule has 1 aromatic heterocycles. The topological polar surface area (TPSA) is 67.1 Å². The highest BCUT2D eigenvalue weighted by Crippen LogP contribution is 2.10. The number of hydrogen-bond donors (Lipinski definition) is 2. The van der Waals surface area contributed by atoms with E-state index in [1.807, 2.05) is 18.2 Å². The Morgan fingerprint density at radius 3 is 3.25 bits per heavy atom. The first-order valence-electron chi connectivity index (χ1n) is 3.56. The Morgan fingerprint density at radius 2 is 2.42 bits per heavy atom. The maximum absolute atomic E-state index is 5.02. The molecule has 12 heavy (non-hydrogen) atoms. The van der Waals surface area contributed by atoms with E-state index in [9.17, 15) is 0 Å². The molecule has 0 aliphatic rings. The van der Waals surface area contributed by atoms with Crippen molar-refractivity contribution in [2.45, 2.75) is 0 Å². The number of aromatic nitrogens is 2. The molecule has 1 aromatic carbocycles. The van der Waals surface area contributed by atoms with Crippen LogP contribution in [0, 0.1) is 0 Å². The lowest BCUT2D eigenvalue weighted by molar-refractivity contribution is 1.12. The highest BCUT2D eigenvalue weighted by Gasteiger charge is 1.94. The number of hydrazone groups is 1. The number of nitrogens with zero attached hydrogens (tertiary/aromatic N) is 2. The van der Waals surface area contributed by atoms with Gasteiger partial charge in [0.2, 0.25) is 0 Å². The molecular formula is C8H8N4. The van der Waals surface area contributed by atoms with Gasteiger partial charge in [-0.3, -0.25) is 5.10 Å². The second-order valence-corrected chi connectivity index (χ2v) is 2.49. The number of hydrogen-bond acceptors (Lipinski definition) is 3. The highest BCUT2D eigenvalue weighted by atomic mass is 15.1. The van der Waals surface area contributed by atoms with Crippen molar-refractivity contribution in [2.24, 2.45) is 10.9 Å². The molecule has 0 saturated carbocycles. The first-order chi connectivity index (χ1) is 5.90. The van der Waals surface area contributed by atoms with Crippen LogP contribution in [0.4, 0.5) is 0 Å². The van der Waals surface area contributed by atoms with E-state index in [1.54, 1.807) is 12.4 Å². The summed E-state index contributed by atoms with van der Waals surface area (Å²) in [6.45, 7) is 0. The Balaban J connectivity index is 2.60. The molecule has 0 fully saturated rings. The lowest BCUT2D eigenvalue weighted by atomic mass is 10.2. The van der Waals surface area contributed by atoms with E-state index in [2.05, 4.69) is 15.3 Å². The van der Waals surface area contributed by atoms with Crippen molar-refractivity contribution in [1.29, 1.82) is 0 Å². The van der Waals surface area contributed by atoms with Crippen molar-refractivity contribution in [3.63, 3.8) is 0 Å². The Morgan fingerprint density at radius 1 is 1.50 bits per heavy atom. The van der Waals surface area contributed by atoms with Gasteiger partial charge in [-0.05, 0) is 11.6 Å². The van der Waals surface area contributed by atoms with E-state index in [4.69, 9.17) is 5.84 Å². The third-order valence-electron chi connectivity index (χ3n) is 1.69. The Hall–Kier alpha value is -1.84. The number of aromatic amines is 1. The third kappa shape index (κ3) is 1.03. The maximum atomic E-state index is 5.02. The average molecular weight is 160 g/mol. The molecule has 0 unspecified atom stereocenters. The number of rotatable bonds is 1. The standard InChI is InChI=1S/C8H8N4/c9-10-4-6-1-2-7-5-11-12-8(7)3-6/h1-5H,9H2,(H,11,12)/b10-4+. The number of nitrogens with two attached hydrogens (primary N) is 1. The average Bonchev–Trinajstić information content (AvgIpc) is 2.51. The van der Waals surface area contributed by atoms with Crippen molar-refractivity contribution in [3.8, 4) is 0 Å². The van der Waals surface area contributed by atoms with Crippen LogP contribution in [0.3, 0.4) is 0 Å². The molecule has 60 valence electrons. The summed E-state index contributed by atoms with van der Waals surface area (Å²) < 4.78 is 0. The van der Waals surface area contributed by atoms with E-state index >= 15 is 0 Å². The van der Waals surface area contributed by atoms with Crippen LogP contribution in [0.25, 0.3) is 10.9 Å². The van der Waals surface area contributed by atoms with E-state index in [0.29, 0.717) is 0 Å². The second-order valence-electron chi connectivity index (χ2n) is 2.49. The minimum absolute atomic E-state index is 0.967. The van der Waals surface area contributed by atoms with Crippen LogP contribution < -0.4 is 5.84 Å². The fraction of sp³-hybridized carbons (Fsp3) is 0. The summed E-state index contributed by atoms with van der Waals surface area (Å²) in [5.41, 5.74) is 1.96. The van der Waals surface area contributed by atoms with Gasteiger partial charge in [-0.1, -0.05) is 12.1 Å². The maximum Gasteiger partial charge on any atom is 0.0656 e. The molecule has 1 heterocycles. The minimum Gasteiger partial charge on any atom is -0.323 e. The van der Waals surface area contributed by atoms with Crippen LogP contribution in [0.15, 0.2) is 29.5 Å². The van der Waals surface area contributed by atoms with Crippen molar-refractivity contribution in [2.75, 3.05) is 0 Å².